The zero-order valence-electron chi connectivity index (χ0n) is 18.0. The number of unbranched alkanes of at least 4 members (excludes halogenated alkanes) is 1. The van der Waals surface area contributed by atoms with Crippen LogP contribution in [-0.2, 0) is 11.8 Å². The van der Waals surface area contributed by atoms with Crippen LogP contribution in [0.4, 0.5) is 5.82 Å². The number of benzene rings is 1. The van der Waals surface area contributed by atoms with Gasteiger partial charge in [0.15, 0.2) is 0 Å². The van der Waals surface area contributed by atoms with Crippen molar-refractivity contribution in [3.05, 3.63) is 47.5 Å². The van der Waals surface area contributed by atoms with Crippen LogP contribution < -0.4 is 4.90 Å². The van der Waals surface area contributed by atoms with Gasteiger partial charge in [0.25, 0.3) is 0 Å². The zero-order valence-corrected chi connectivity index (χ0v) is 18.0. The molecule has 4 rings (SSSR count). The lowest BCUT2D eigenvalue weighted by molar-refractivity contribution is 0.232. The third kappa shape index (κ3) is 4.65. The minimum Gasteiger partial charge on any atom is -0.396 e. The van der Waals surface area contributed by atoms with Crippen molar-refractivity contribution in [1.29, 1.82) is 0 Å². The number of nitrogens with zero attached hydrogens (tertiary/aromatic N) is 3. The molecule has 0 saturated carbocycles. The first-order chi connectivity index (χ1) is 14.1. The Morgan fingerprint density at radius 1 is 1.03 bits per heavy atom. The molecule has 0 radical (unpaired) electrons. The maximum absolute atomic E-state index is 8.96. The molecule has 0 unspecified atom stereocenters. The molecule has 0 amide bonds. The van der Waals surface area contributed by atoms with Gasteiger partial charge in [-0.1, -0.05) is 32.0 Å². The molecule has 1 fully saturated rings. The Morgan fingerprint density at radius 2 is 1.86 bits per heavy atom. The van der Waals surface area contributed by atoms with E-state index in [1.807, 2.05) is 0 Å². The second-order valence-corrected chi connectivity index (χ2v) is 9.25. The molecule has 1 aromatic heterocycles. The minimum absolute atomic E-state index is 0.290. The molecule has 156 valence electrons. The number of rotatable bonds is 6. The first-order valence-electron chi connectivity index (χ1n) is 11.3. The molecule has 4 nitrogen and oxygen atoms in total. The van der Waals surface area contributed by atoms with Gasteiger partial charge in [0, 0.05) is 38.3 Å². The Labute approximate surface area is 175 Å². The molecular weight excluding hydrogens is 358 g/mol. The first-order valence-corrected chi connectivity index (χ1v) is 11.3. The summed E-state index contributed by atoms with van der Waals surface area (Å²) in [5.74, 6) is 1.09. The number of pyridine rings is 1. The highest BCUT2D eigenvalue weighted by Crippen LogP contribution is 2.38. The van der Waals surface area contributed by atoms with E-state index in [1.54, 1.807) is 0 Å². The number of aliphatic hydroxyl groups excluding tert-OH is 1. The topological polar surface area (TPSA) is 39.6 Å². The van der Waals surface area contributed by atoms with Gasteiger partial charge in [0.2, 0.25) is 0 Å². The van der Waals surface area contributed by atoms with Crippen LogP contribution in [-0.4, -0.2) is 54.3 Å². The molecule has 2 aliphatic rings. The van der Waals surface area contributed by atoms with Crippen molar-refractivity contribution in [1.82, 2.24) is 9.88 Å². The van der Waals surface area contributed by atoms with E-state index >= 15 is 0 Å². The third-order valence-corrected chi connectivity index (χ3v) is 6.69. The number of anilines is 1. The molecule has 1 aromatic carbocycles. The van der Waals surface area contributed by atoms with Crippen molar-refractivity contribution >= 4 is 5.82 Å². The zero-order chi connectivity index (χ0) is 20.3. The summed E-state index contributed by atoms with van der Waals surface area (Å²) in [6.45, 7) is 10.3. The summed E-state index contributed by atoms with van der Waals surface area (Å²) in [5.41, 5.74) is 5.63. The summed E-state index contributed by atoms with van der Waals surface area (Å²) in [6, 6.07) is 13.4. The molecule has 1 aliphatic heterocycles. The van der Waals surface area contributed by atoms with Gasteiger partial charge in [-0.25, -0.2) is 4.98 Å². The second kappa shape index (κ2) is 8.85. The molecule has 2 aromatic rings. The highest BCUT2D eigenvalue weighted by molar-refractivity contribution is 5.64. The highest BCUT2D eigenvalue weighted by atomic mass is 16.2. The fourth-order valence-electron chi connectivity index (χ4n) is 4.88. The molecule has 4 heteroatoms. The van der Waals surface area contributed by atoms with Crippen LogP contribution in [0.5, 0.6) is 0 Å². The molecule has 1 saturated heterocycles. The van der Waals surface area contributed by atoms with Gasteiger partial charge in [-0.15, -0.1) is 0 Å². The van der Waals surface area contributed by atoms with E-state index in [1.165, 1.54) is 36.0 Å². The fourth-order valence-corrected chi connectivity index (χ4v) is 4.88. The lowest BCUT2D eigenvalue weighted by atomic mass is 9.72. The molecule has 2 heterocycles. The average Bonchev–Trinajstić information content (AvgIpc) is 2.74. The number of hydrogen-bond acceptors (Lipinski definition) is 4. The fraction of sp³-hybridized carbons (Fsp3) is 0.560. The van der Waals surface area contributed by atoms with Gasteiger partial charge in [0.1, 0.15) is 5.82 Å². The SMILES string of the molecule is CC1(C)CCCc2cc(-c3cccc(N4CCN(CCCCO)CC4)n3)ccc21. The number of aliphatic hydroxyl groups is 1. The molecule has 1 aliphatic carbocycles. The Balaban J connectivity index is 1.46. The predicted molar refractivity (Wildman–Crippen MR) is 121 cm³/mol. The Bertz CT molecular complexity index is 825. The van der Waals surface area contributed by atoms with Crippen molar-refractivity contribution in [3.63, 3.8) is 0 Å². The van der Waals surface area contributed by atoms with Crippen molar-refractivity contribution in [3.8, 4) is 11.3 Å². The van der Waals surface area contributed by atoms with Gasteiger partial charge >= 0.3 is 0 Å². The van der Waals surface area contributed by atoms with E-state index in [2.05, 4.69) is 60.0 Å². The van der Waals surface area contributed by atoms with Crippen LogP contribution in [0.3, 0.4) is 0 Å². The van der Waals surface area contributed by atoms with Crippen LogP contribution in [0, 0.1) is 0 Å². The summed E-state index contributed by atoms with van der Waals surface area (Å²) in [7, 11) is 0. The van der Waals surface area contributed by atoms with Crippen LogP contribution >= 0.6 is 0 Å². The number of aryl methyl sites for hydroxylation is 1. The monoisotopic (exact) mass is 393 g/mol. The molecule has 0 atom stereocenters. The molecule has 0 spiro atoms. The van der Waals surface area contributed by atoms with Crippen molar-refractivity contribution in [2.75, 3.05) is 44.2 Å². The minimum atomic E-state index is 0.290. The maximum atomic E-state index is 8.96. The summed E-state index contributed by atoms with van der Waals surface area (Å²) in [4.78, 5) is 9.94. The van der Waals surface area contributed by atoms with Crippen LogP contribution in [0.15, 0.2) is 36.4 Å². The Kier molecular flexibility index (Phi) is 6.21. The Morgan fingerprint density at radius 3 is 2.66 bits per heavy atom. The van der Waals surface area contributed by atoms with Gasteiger partial charge in [-0.2, -0.15) is 0 Å². The molecule has 29 heavy (non-hydrogen) atoms. The van der Waals surface area contributed by atoms with E-state index in [0.29, 0.717) is 6.61 Å². The van der Waals surface area contributed by atoms with E-state index < -0.39 is 0 Å². The lowest BCUT2D eigenvalue weighted by Gasteiger charge is -2.35. The Hall–Kier alpha value is -1.91. The van der Waals surface area contributed by atoms with E-state index in [4.69, 9.17) is 10.1 Å². The first kappa shape index (κ1) is 20.4. The lowest BCUT2D eigenvalue weighted by Crippen LogP contribution is -2.46. The number of fused-ring (bicyclic) bond motifs is 1. The third-order valence-electron chi connectivity index (χ3n) is 6.69. The molecule has 0 bridgehead atoms. The summed E-state index contributed by atoms with van der Waals surface area (Å²) in [6.07, 6.45) is 5.73. The van der Waals surface area contributed by atoms with E-state index in [0.717, 1.165) is 57.1 Å². The molecule has 1 N–H and O–H groups in total. The van der Waals surface area contributed by atoms with Gasteiger partial charge < -0.3 is 10.0 Å². The van der Waals surface area contributed by atoms with E-state index in [9.17, 15) is 0 Å². The van der Waals surface area contributed by atoms with Gasteiger partial charge in [0.05, 0.1) is 5.69 Å². The number of aromatic nitrogens is 1. The van der Waals surface area contributed by atoms with Gasteiger partial charge in [-0.3, -0.25) is 4.90 Å². The van der Waals surface area contributed by atoms with Crippen molar-refractivity contribution < 1.29 is 5.11 Å². The summed E-state index contributed by atoms with van der Waals surface area (Å²) >= 11 is 0. The highest BCUT2D eigenvalue weighted by Gasteiger charge is 2.27. The van der Waals surface area contributed by atoms with Crippen LogP contribution in [0.25, 0.3) is 11.3 Å². The number of hydrogen-bond donors (Lipinski definition) is 1. The second-order valence-electron chi connectivity index (χ2n) is 9.25. The standard InChI is InChI=1S/C25H35N3O/c1-25(2)12-6-7-20-19-21(10-11-22(20)25)23-8-5-9-24(26-23)28-16-14-27(15-17-28)13-3-4-18-29/h5,8-11,19,29H,3-4,6-7,12-18H2,1-2H3. The predicted octanol–water partition coefficient (Wildman–Crippen LogP) is 4.26. The number of piperazine rings is 1. The van der Waals surface area contributed by atoms with Crippen molar-refractivity contribution in [2.24, 2.45) is 0 Å². The van der Waals surface area contributed by atoms with E-state index in [-0.39, 0.29) is 5.41 Å². The quantitative estimate of drug-likeness (QED) is 0.745. The smallest absolute Gasteiger partial charge is 0.129 e. The average molecular weight is 394 g/mol. The van der Waals surface area contributed by atoms with Crippen LogP contribution in [0.2, 0.25) is 0 Å². The van der Waals surface area contributed by atoms with Crippen molar-refractivity contribution in [2.45, 2.75) is 51.4 Å². The normalized spacial score (nSPS) is 19.2. The maximum Gasteiger partial charge on any atom is 0.129 e. The van der Waals surface area contributed by atoms with Crippen LogP contribution in [0.1, 0.15) is 50.7 Å². The largest absolute Gasteiger partial charge is 0.396 e. The summed E-state index contributed by atoms with van der Waals surface area (Å²) < 4.78 is 0. The summed E-state index contributed by atoms with van der Waals surface area (Å²) in [5, 5.41) is 8.96. The van der Waals surface area contributed by atoms with Gasteiger partial charge in [-0.05, 0) is 73.4 Å². The molecular formula is C25H35N3O.